The fourth-order valence-corrected chi connectivity index (χ4v) is 3.20. The molecule has 0 atom stereocenters. The van der Waals surface area contributed by atoms with Crippen molar-refractivity contribution in [1.82, 2.24) is 0 Å². The maximum absolute atomic E-state index is 11.8. The molecule has 2 nitrogen and oxygen atoms in total. The molecule has 1 saturated carbocycles. The van der Waals surface area contributed by atoms with Crippen molar-refractivity contribution in [2.24, 2.45) is 5.92 Å². The third-order valence-electron chi connectivity index (χ3n) is 4.44. The summed E-state index contributed by atoms with van der Waals surface area (Å²) in [6, 6.07) is 0. The van der Waals surface area contributed by atoms with Crippen molar-refractivity contribution < 1.29 is 9.59 Å². The highest BCUT2D eigenvalue weighted by atomic mass is 16.1. The first-order valence-electron chi connectivity index (χ1n) is 8.75. The first-order chi connectivity index (χ1) is 9.72. The average molecular weight is 280 g/mol. The summed E-state index contributed by atoms with van der Waals surface area (Å²) in [5.74, 6) is 0.931. The Morgan fingerprint density at radius 2 is 1.45 bits per heavy atom. The predicted octanol–water partition coefficient (Wildman–Crippen LogP) is 5.24. The van der Waals surface area contributed by atoms with Crippen LogP contribution in [0, 0.1) is 5.92 Å². The van der Waals surface area contributed by atoms with Gasteiger partial charge >= 0.3 is 0 Å². The number of hydrogen-bond acceptors (Lipinski definition) is 2. The van der Waals surface area contributed by atoms with E-state index in [0.29, 0.717) is 18.8 Å². The molecule has 1 rings (SSSR count). The van der Waals surface area contributed by atoms with Crippen LogP contribution in [-0.2, 0) is 9.59 Å². The molecule has 1 aliphatic rings. The largest absolute Gasteiger partial charge is 0.299 e. The molecule has 0 heterocycles. The van der Waals surface area contributed by atoms with Crippen molar-refractivity contribution in [2.75, 3.05) is 0 Å². The standard InChI is InChI=1S/C18H32O2/c1-2-3-4-5-6-7-8-13-17(19)15-18(20)14-16-11-9-10-12-16/h16H,2-15H2,1H3. The summed E-state index contributed by atoms with van der Waals surface area (Å²) in [7, 11) is 0. The van der Waals surface area contributed by atoms with Gasteiger partial charge in [0.1, 0.15) is 11.6 Å². The zero-order chi connectivity index (χ0) is 14.6. The second kappa shape index (κ2) is 11.0. The lowest BCUT2D eigenvalue weighted by atomic mass is 9.97. The summed E-state index contributed by atoms with van der Waals surface area (Å²) in [6.07, 6.45) is 15.0. The van der Waals surface area contributed by atoms with Crippen LogP contribution in [0.1, 0.15) is 96.8 Å². The number of carbonyl (C=O) groups excluding carboxylic acids is 2. The molecule has 0 amide bonds. The van der Waals surface area contributed by atoms with Crippen LogP contribution in [0.5, 0.6) is 0 Å². The summed E-state index contributed by atoms with van der Waals surface area (Å²) in [6.45, 7) is 2.22. The Balaban J connectivity index is 1.95. The van der Waals surface area contributed by atoms with Gasteiger partial charge in [0.25, 0.3) is 0 Å². The lowest BCUT2D eigenvalue weighted by Gasteiger charge is -2.07. The number of hydrogen-bond donors (Lipinski definition) is 0. The maximum Gasteiger partial charge on any atom is 0.140 e. The highest BCUT2D eigenvalue weighted by molar-refractivity contribution is 5.99. The quantitative estimate of drug-likeness (QED) is 0.362. The van der Waals surface area contributed by atoms with Crippen LogP contribution in [-0.4, -0.2) is 11.6 Å². The van der Waals surface area contributed by atoms with Crippen LogP contribution in [0.3, 0.4) is 0 Å². The second-order valence-corrected chi connectivity index (χ2v) is 6.48. The predicted molar refractivity (Wildman–Crippen MR) is 83.8 cm³/mol. The van der Waals surface area contributed by atoms with Gasteiger partial charge in [0.05, 0.1) is 6.42 Å². The molecule has 0 radical (unpaired) electrons. The van der Waals surface area contributed by atoms with E-state index in [-0.39, 0.29) is 18.0 Å². The average Bonchev–Trinajstić information content (AvgIpc) is 2.90. The molecule has 0 bridgehead atoms. The van der Waals surface area contributed by atoms with Crippen molar-refractivity contribution in [3.63, 3.8) is 0 Å². The van der Waals surface area contributed by atoms with Crippen LogP contribution >= 0.6 is 0 Å². The monoisotopic (exact) mass is 280 g/mol. The number of unbranched alkanes of at least 4 members (excludes halogenated alkanes) is 6. The summed E-state index contributed by atoms with van der Waals surface area (Å²) in [4.78, 5) is 23.5. The topological polar surface area (TPSA) is 34.1 Å². The molecule has 0 spiro atoms. The summed E-state index contributed by atoms with van der Waals surface area (Å²) < 4.78 is 0. The highest BCUT2D eigenvalue weighted by Crippen LogP contribution is 2.28. The molecular formula is C18H32O2. The Morgan fingerprint density at radius 3 is 2.10 bits per heavy atom. The van der Waals surface area contributed by atoms with E-state index in [9.17, 15) is 9.59 Å². The first-order valence-corrected chi connectivity index (χ1v) is 8.75. The second-order valence-electron chi connectivity index (χ2n) is 6.48. The molecule has 20 heavy (non-hydrogen) atoms. The first kappa shape index (κ1) is 17.4. The third kappa shape index (κ3) is 8.50. The zero-order valence-electron chi connectivity index (χ0n) is 13.3. The number of Topliss-reactive ketones (excluding diaryl/α,β-unsaturated/α-hetero) is 2. The summed E-state index contributed by atoms with van der Waals surface area (Å²) in [5, 5.41) is 0. The summed E-state index contributed by atoms with van der Waals surface area (Å²) >= 11 is 0. The molecule has 0 aromatic heterocycles. The molecule has 0 N–H and O–H groups in total. The van der Waals surface area contributed by atoms with Gasteiger partial charge in [0, 0.05) is 12.8 Å². The van der Waals surface area contributed by atoms with Crippen LogP contribution < -0.4 is 0 Å². The molecular weight excluding hydrogens is 248 g/mol. The number of ketones is 2. The number of carbonyl (C=O) groups is 2. The van der Waals surface area contributed by atoms with Crippen LogP contribution in [0.15, 0.2) is 0 Å². The van der Waals surface area contributed by atoms with Crippen molar-refractivity contribution in [3.05, 3.63) is 0 Å². The normalized spacial score (nSPS) is 15.7. The van der Waals surface area contributed by atoms with E-state index in [4.69, 9.17) is 0 Å². The van der Waals surface area contributed by atoms with E-state index in [0.717, 1.165) is 12.8 Å². The van der Waals surface area contributed by atoms with Gasteiger partial charge in [-0.2, -0.15) is 0 Å². The maximum atomic E-state index is 11.8. The van der Waals surface area contributed by atoms with Gasteiger partial charge in [0.2, 0.25) is 0 Å². The molecule has 0 saturated heterocycles. The van der Waals surface area contributed by atoms with E-state index in [2.05, 4.69) is 6.92 Å². The fourth-order valence-electron chi connectivity index (χ4n) is 3.20. The lowest BCUT2D eigenvalue weighted by Crippen LogP contribution is -2.11. The van der Waals surface area contributed by atoms with E-state index in [1.165, 1.54) is 57.8 Å². The Bertz CT molecular complexity index is 277. The minimum absolute atomic E-state index is 0.168. The molecule has 1 fully saturated rings. The van der Waals surface area contributed by atoms with Gasteiger partial charge in [-0.1, -0.05) is 71.1 Å². The van der Waals surface area contributed by atoms with Gasteiger partial charge in [-0.15, -0.1) is 0 Å². The van der Waals surface area contributed by atoms with Gasteiger partial charge in [-0.3, -0.25) is 9.59 Å². The van der Waals surface area contributed by atoms with E-state index in [1.54, 1.807) is 0 Å². The van der Waals surface area contributed by atoms with Gasteiger partial charge in [0.15, 0.2) is 0 Å². The molecule has 0 aromatic rings. The van der Waals surface area contributed by atoms with Gasteiger partial charge in [-0.05, 0) is 12.3 Å². The Labute approximate surface area is 124 Å². The molecule has 116 valence electrons. The van der Waals surface area contributed by atoms with Gasteiger partial charge < -0.3 is 0 Å². The molecule has 1 aliphatic carbocycles. The van der Waals surface area contributed by atoms with Crippen LogP contribution in [0.4, 0.5) is 0 Å². The Kier molecular flexibility index (Phi) is 9.61. The fraction of sp³-hybridized carbons (Fsp3) is 0.889. The number of rotatable bonds is 12. The molecule has 0 aliphatic heterocycles. The van der Waals surface area contributed by atoms with E-state index < -0.39 is 0 Å². The highest BCUT2D eigenvalue weighted by Gasteiger charge is 2.19. The van der Waals surface area contributed by atoms with E-state index in [1.807, 2.05) is 0 Å². The van der Waals surface area contributed by atoms with Crippen molar-refractivity contribution >= 4 is 11.6 Å². The Morgan fingerprint density at radius 1 is 0.850 bits per heavy atom. The SMILES string of the molecule is CCCCCCCCCC(=O)CC(=O)CC1CCCC1. The van der Waals surface area contributed by atoms with Crippen LogP contribution in [0.25, 0.3) is 0 Å². The molecule has 0 unspecified atom stereocenters. The minimum atomic E-state index is 0.168. The van der Waals surface area contributed by atoms with Crippen molar-refractivity contribution in [1.29, 1.82) is 0 Å². The van der Waals surface area contributed by atoms with Gasteiger partial charge in [-0.25, -0.2) is 0 Å². The Hall–Kier alpha value is -0.660. The van der Waals surface area contributed by atoms with Crippen molar-refractivity contribution in [2.45, 2.75) is 96.8 Å². The minimum Gasteiger partial charge on any atom is -0.299 e. The van der Waals surface area contributed by atoms with Crippen molar-refractivity contribution in [3.8, 4) is 0 Å². The smallest absolute Gasteiger partial charge is 0.140 e. The molecule has 2 heteroatoms. The third-order valence-corrected chi connectivity index (χ3v) is 4.44. The van der Waals surface area contributed by atoms with E-state index >= 15 is 0 Å². The molecule has 0 aromatic carbocycles. The summed E-state index contributed by atoms with van der Waals surface area (Å²) in [5.41, 5.74) is 0. The zero-order valence-corrected chi connectivity index (χ0v) is 13.3. The lowest BCUT2D eigenvalue weighted by molar-refractivity contribution is -0.127. The van der Waals surface area contributed by atoms with Crippen LogP contribution in [0.2, 0.25) is 0 Å².